The van der Waals surface area contributed by atoms with Gasteiger partial charge in [0.05, 0.1) is 5.54 Å². The second-order valence-corrected chi connectivity index (χ2v) is 7.10. The highest BCUT2D eigenvalue weighted by Gasteiger charge is 2.27. The van der Waals surface area contributed by atoms with Crippen molar-refractivity contribution in [2.75, 3.05) is 0 Å². The van der Waals surface area contributed by atoms with Gasteiger partial charge >= 0.3 is 0 Å². The lowest BCUT2D eigenvalue weighted by atomic mass is 9.93. The Morgan fingerprint density at radius 1 is 1.13 bits per heavy atom. The second kappa shape index (κ2) is 6.27. The number of rotatable bonds is 5. The van der Waals surface area contributed by atoms with Gasteiger partial charge in [-0.15, -0.1) is 0 Å². The van der Waals surface area contributed by atoms with Gasteiger partial charge in [0.2, 0.25) is 0 Å². The highest BCUT2D eigenvalue weighted by Crippen LogP contribution is 2.35. The maximum atomic E-state index is 14.0. The molecule has 0 saturated heterocycles. The minimum absolute atomic E-state index is 0.150. The van der Waals surface area contributed by atoms with Crippen molar-refractivity contribution in [3.8, 4) is 0 Å². The smallest absolute Gasteiger partial charge is 0.126 e. The molecule has 0 atom stereocenters. The topological polar surface area (TPSA) is 12.4 Å². The zero-order valence-corrected chi connectivity index (χ0v) is 14.1. The molecule has 120 valence electrons. The molecule has 0 N–H and O–H groups in total. The highest BCUT2D eigenvalue weighted by atomic mass is 19.1. The molecular formula is C21H24FN. The molecule has 3 rings (SSSR count). The summed E-state index contributed by atoms with van der Waals surface area (Å²) >= 11 is 0. The molecule has 23 heavy (non-hydrogen) atoms. The summed E-state index contributed by atoms with van der Waals surface area (Å²) in [5.74, 6) is 0.563. The van der Waals surface area contributed by atoms with Gasteiger partial charge in [0, 0.05) is 5.71 Å². The summed E-state index contributed by atoms with van der Waals surface area (Å²) in [6.07, 6.45) is 3.47. The molecule has 1 nitrogen and oxygen atoms in total. The monoisotopic (exact) mass is 309 g/mol. The van der Waals surface area contributed by atoms with E-state index >= 15 is 0 Å². The third-order valence-corrected chi connectivity index (χ3v) is 4.58. The molecule has 0 spiro atoms. The fourth-order valence-corrected chi connectivity index (χ4v) is 2.84. The largest absolute Gasteiger partial charge is 0.278 e. The van der Waals surface area contributed by atoms with E-state index in [0.717, 1.165) is 17.7 Å². The molecule has 0 aromatic heterocycles. The molecule has 2 aromatic carbocycles. The summed E-state index contributed by atoms with van der Waals surface area (Å²) < 4.78 is 14.0. The quantitative estimate of drug-likeness (QED) is 0.632. The molecule has 0 amide bonds. The fraction of sp³-hybridized carbons (Fsp3) is 0.381. The summed E-state index contributed by atoms with van der Waals surface area (Å²) in [5, 5.41) is 0. The van der Waals surface area contributed by atoms with Gasteiger partial charge in [0.1, 0.15) is 5.82 Å². The number of hydrogen-bond acceptors (Lipinski definition) is 1. The van der Waals surface area contributed by atoms with Gasteiger partial charge in [-0.1, -0.05) is 42.5 Å². The molecule has 0 aliphatic heterocycles. The maximum Gasteiger partial charge on any atom is 0.126 e. The zero-order valence-electron chi connectivity index (χ0n) is 14.1. The van der Waals surface area contributed by atoms with Gasteiger partial charge in [-0.3, -0.25) is 4.99 Å². The number of aryl methyl sites for hydroxylation is 1. The number of nitrogens with zero attached hydrogens (tertiary/aromatic N) is 1. The minimum atomic E-state index is -0.313. The Labute approximate surface area is 138 Å². The number of benzene rings is 2. The van der Waals surface area contributed by atoms with Crippen molar-refractivity contribution < 1.29 is 4.39 Å². The average Bonchev–Trinajstić information content (AvgIpc) is 3.34. The van der Waals surface area contributed by atoms with Crippen LogP contribution >= 0.6 is 0 Å². The molecule has 0 unspecified atom stereocenters. The summed E-state index contributed by atoms with van der Waals surface area (Å²) in [6, 6.07) is 15.8. The van der Waals surface area contributed by atoms with Crippen molar-refractivity contribution in [3.05, 3.63) is 71.0 Å². The summed E-state index contributed by atoms with van der Waals surface area (Å²) in [4.78, 5) is 5.05. The lowest BCUT2D eigenvalue weighted by Crippen LogP contribution is -2.18. The lowest BCUT2D eigenvalue weighted by molar-refractivity contribution is 0.555. The Morgan fingerprint density at radius 3 is 2.43 bits per heavy atom. The Hall–Kier alpha value is -1.96. The Bertz CT molecular complexity index is 712. The maximum absolute atomic E-state index is 14.0. The van der Waals surface area contributed by atoms with Crippen molar-refractivity contribution in [2.45, 2.75) is 45.6 Å². The first kappa shape index (κ1) is 15.9. The Balaban J connectivity index is 1.99. The summed E-state index contributed by atoms with van der Waals surface area (Å²) in [7, 11) is 0. The minimum Gasteiger partial charge on any atom is -0.278 e. The predicted octanol–water partition coefficient (Wildman–Crippen LogP) is 5.66. The average molecular weight is 309 g/mol. The van der Waals surface area contributed by atoms with Crippen molar-refractivity contribution >= 4 is 5.71 Å². The standard InChI is InChI=1S/C21H24FN/c1-15-9-12-17(14-19(15)22)20(13-16-10-11-16)23-21(2,3)18-7-5-4-6-8-18/h4-9,12,14,16H,10-11,13H2,1-3H3/b23-20+. The zero-order chi connectivity index (χ0) is 16.4. The molecule has 1 saturated carbocycles. The third-order valence-electron chi connectivity index (χ3n) is 4.58. The van der Waals surface area contributed by atoms with Crippen LogP contribution in [0, 0.1) is 18.7 Å². The van der Waals surface area contributed by atoms with Crippen LogP contribution in [0.1, 0.15) is 49.8 Å². The van der Waals surface area contributed by atoms with Crippen LogP contribution in [-0.2, 0) is 5.54 Å². The lowest BCUT2D eigenvalue weighted by Gasteiger charge is -2.23. The molecule has 0 bridgehead atoms. The van der Waals surface area contributed by atoms with Crippen LogP contribution in [0.4, 0.5) is 4.39 Å². The van der Waals surface area contributed by atoms with Gasteiger partial charge in [0.25, 0.3) is 0 Å². The molecular weight excluding hydrogens is 285 g/mol. The fourth-order valence-electron chi connectivity index (χ4n) is 2.84. The van der Waals surface area contributed by atoms with Crippen LogP contribution in [0.15, 0.2) is 53.5 Å². The van der Waals surface area contributed by atoms with Crippen LogP contribution in [0.3, 0.4) is 0 Å². The normalized spacial score (nSPS) is 15.7. The van der Waals surface area contributed by atoms with Gasteiger partial charge in [-0.05, 0) is 68.7 Å². The first-order valence-electron chi connectivity index (χ1n) is 8.36. The van der Waals surface area contributed by atoms with Crippen LogP contribution in [-0.4, -0.2) is 5.71 Å². The SMILES string of the molecule is Cc1ccc(/C(CC2CC2)=N/C(C)(C)c2ccccc2)cc1F. The van der Waals surface area contributed by atoms with Crippen molar-refractivity contribution in [3.63, 3.8) is 0 Å². The first-order chi connectivity index (χ1) is 11.0. The predicted molar refractivity (Wildman–Crippen MR) is 94.5 cm³/mol. The first-order valence-corrected chi connectivity index (χ1v) is 8.36. The van der Waals surface area contributed by atoms with E-state index in [1.54, 1.807) is 13.0 Å². The van der Waals surface area contributed by atoms with E-state index in [0.29, 0.717) is 11.5 Å². The summed E-state index contributed by atoms with van der Waals surface area (Å²) in [6.45, 7) is 6.05. The highest BCUT2D eigenvalue weighted by molar-refractivity contribution is 6.01. The van der Waals surface area contributed by atoms with E-state index in [1.807, 2.05) is 30.3 Å². The van der Waals surface area contributed by atoms with Crippen LogP contribution in [0.2, 0.25) is 0 Å². The van der Waals surface area contributed by atoms with Crippen LogP contribution in [0.5, 0.6) is 0 Å². The molecule has 0 radical (unpaired) electrons. The number of halogens is 1. The van der Waals surface area contributed by atoms with Crippen LogP contribution in [0.25, 0.3) is 0 Å². The van der Waals surface area contributed by atoms with E-state index in [4.69, 9.17) is 4.99 Å². The second-order valence-electron chi connectivity index (χ2n) is 7.10. The van der Waals surface area contributed by atoms with E-state index in [2.05, 4.69) is 26.0 Å². The van der Waals surface area contributed by atoms with Crippen molar-refractivity contribution in [1.29, 1.82) is 0 Å². The van der Waals surface area contributed by atoms with E-state index in [9.17, 15) is 4.39 Å². The molecule has 1 aliphatic rings. The number of aliphatic imine (C=N–C) groups is 1. The van der Waals surface area contributed by atoms with Gasteiger partial charge in [-0.2, -0.15) is 0 Å². The molecule has 2 aromatic rings. The van der Waals surface area contributed by atoms with Crippen molar-refractivity contribution in [1.82, 2.24) is 0 Å². The molecule has 1 aliphatic carbocycles. The molecule has 0 heterocycles. The van der Waals surface area contributed by atoms with Crippen molar-refractivity contribution in [2.24, 2.45) is 10.9 Å². The van der Waals surface area contributed by atoms with Gasteiger partial charge in [0.15, 0.2) is 0 Å². The molecule has 2 heteroatoms. The van der Waals surface area contributed by atoms with E-state index in [1.165, 1.54) is 18.4 Å². The van der Waals surface area contributed by atoms with E-state index < -0.39 is 0 Å². The Morgan fingerprint density at radius 2 is 1.83 bits per heavy atom. The van der Waals surface area contributed by atoms with Gasteiger partial charge < -0.3 is 0 Å². The van der Waals surface area contributed by atoms with Gasteiger partial charge in [-0.25, -0.2) is 4.39 Å². The summed E-state index contributed by atoms with van der Waals surface area (Å²) in [5.41, 5.74) is 3.50. The third kappa shape index (κ3) is 3.87. The Kier molecular flexibility index (Phi) is 4.34. The number of hydrogen-bond donors (Lipinski definition) is 0. The molecule has 1 fully saturated rings. The van der Waals surface area contributed by atoms with E-state index in [-0.39, 0.29) is 11.4 Å². The van der Waals surface area contributed by atoms with Crippen LogP contribution < -0.4 is 0 Å².